The second kappa shape index (κ2) is 20.6. The fraction of sp³-hybridized carbons (Fsp3) is 0.913. The van der Waals surface area contributed by atoms with E-state index in [2.05, 4.69) is 12.2 Å². The third-order valence-corrected chi connectivity index (χ3v) is 5.34. The summed E-state index contributed by atoms with van der Waals surface area (Å²) in [7, 11) is 0. The molecule has 0 heterocycles. The second-order valence-corrected chi connectivity index (χ2v) is 8.09. The van der Waals surface area contributed by atoms with Crippen molar-refractivity contribution in [2.75, 3.05) is 6.54 Å². The van der Waals surface area contributed by atoms with Gasteiger partial charge in [0, 0.05) is 6.42 Å². The van der Waals surface area contributed by atoms with Crippen LogP contribution in [-0.4, -0.2) is 29.6 Å². The summed E-state index contributed by atoms with van der Waals surface area (Å²) >= 11 is 0. The first-order valence-electron chi connectivity index (χ1n) is 11.8. The van der Waals surface area contributed by atoms with Gasteiger partial charge in [0.15, 0.2) is 0 Å². The van der Waals surface area contributed by atoms with Crippen LogP contribution in [0.5, 0.6) is 0 Å². The van der Waals surface area contributed by atoms with E-state index in [-0.39, 0.29) is 5.91 Å². The van der Waals surface area contributed by atoms with E-state index in [9.17, 15) is 9.59 Å². The number of nitrogens with two attached hydrogens (primary N) is 1. The van der Waals surface area contributed by atoms with Crippen molar-refractivity contribution in [3.05, 3.63) is 0 Å². The Labute approximate surface area is 173 Å². The van der Waals surface area contributed by atoms with Crippen LogP contribution in [-0.2, 0) is 9.59 Å². The lowest BCUT2D eigenvalue weighted by atomic mass is 10.0. The number of unbranched alkanes of at least 4 members (excludes halogenated alkanes) is 14. The summed E-state index contributed by atoms with van der Waals surface area (Å²) in [6, 6.07) is -0.799. The highest BCUT2D eigenvalue weighted by Crippen LogP contribution is 2.13. The molecule has 28 heavy (non-hydrogen) atoms. The number of rotatable bonds is 21. The first-order valence-corrected chi connectivity index (χ1v) is 11.8. The fourth-order valence-corrected chi connectivity index (χ4v) is 3.50. The molecule has 0 unspecified atom stereocenters. The van der Waals surface area contributed by atoms with Gasteiger partial charge < -0.3 is 16.2 Å². The number of nitrogens with one attached hydrogen (secondary N) is 1. The molecule has 0 spiro atoms. The molecule has 0 aromatic carbocycles. The summed E-state index contributed by atoms with van der Waals surface area (Å²) in [4.78, 5) is 22.9. The van der Waals surface area contributed by atoms with Gasteiger partial charge in [0.1, 0.15) is 6.04 Å². The minimum atomic E-state index is -0.974. The minimum Gasteiger partial charge on any atom is -0.480 e. The maximum Gasteiger partial charge on any atom is 0.326 e. The van der Waals surface area contributed by atoms with E-state index >= 15 is 0 Å². The molecule has 5 nitrogen and oxygen atoms in total. The molecule has 0 aromatic rings. The predicted molar refractivity (Wildman–Crippen MR) is 117 cm³/mol. The summed E-state index contributed by atoms with van der Waals surface area (Å²) in [5, 5.41) is 11.7. The van der Waals surface area contributed by atoms with Crippen molar-refractivity contribution in [1.29, 1.82) is 0 Å². The summed E-state index contributed by atoms with van der Waals surface area (Å²) < 4.78 is 0. The van der Waals surface area contributed by atoms with Crippen LogP contribution in [0.4, 0.5) is 0 Å². The molecule has 0 aromatic heterocycles. The van der Waals surface area contributed by atoms with E-state index in [1.807, 2.05) is 0 Å². The van der Waals surface area contributed by atoms with Gasteiger partial charge in [-0.25, -0.2) is 4.79 Å². The van der Waals surface area contributed by atoms with Gasteiger partial charge in [-0.3, -0.25) is 4.79 Å². The smallest absolute Gasteiger partial charge is 0.326 e. The number of amides is 1. The van der Waals surface area contributed by atoms with Gasteiger partial charge in [0.25, 0.3) is 0 Å². The highest BCUT2D eigenvalue weighted by molar-refractivity contribution is 5.83. The van der Waals surface area contributed by atoms with Crippen LogP contribution in [0, 0.1) is 0 Å². The Morgan fingerprint density at radius 3 is 1.57 bits per heavy atom. The number of carboxylic acids is 1. The van der Waals surface area contributed by atoms with Gasteiger partial charge >= 0.3 is 5.97 Å². The lowest BCUT2D eigenvalue weighted by molar-refractivity contribution is -0.142. The SMILES string of the molecule is CCCCCCCCCCCCCCCCCC(=O)N[C@@H](CCCN)C(=O)O. The lowest BCUT2D eigenvalue weighted by Gasteiger charge is -2.13. The van der Waals surface area contributed by atoms with E-state index in [0.717, 1.165) is 12.8 Å². The molecule has 4 N–H and O–H groups in total. The van der Waals surface area contributed by atoms with Gasteiger partial charge in [0.2, 0.25) is 5.91 Å². The molecule has 5 heteroatoms. The molecule has 0 aliphatic heterocycles. The normalized spacial score (nSPS) is 12.1. The topological polar surface area (TPSA) is 92.4 Å². The Balaban J connectivity index is 3.38. The van der Waals surface area contributed by atoms with Gasteiger partial charge in [-0.15, -0.1) is 0 Å². The number of aliphatic carboxylic acids is 1. The van der Waals surface area contributed by atoms with Crippen LogP contribution in [0.2, 0.25) is 0 Å². The molecule has 0 aliphatic carbocycles. The van der Waals surface area contributed by atoms with E-state index in [4.69, 9.17) is 10.8 Å². The third kappa shape index (κ3) is 18.3. The number of hydrogen-bond donors (Lipinski definition) is 3. The molecule has 1 atom stereocenters. The summed E-state index contributed by atoms with van der Waals surface area (Å²) in [5.74, 6) is -1.13. The third-order valence-electron chi connectivity index (χ3n) is 5.34. The van der Waals surface area contributed by atoms with Crippen molar-refractivity contribution in [2.45, 2.75) is 129 Å². The van der Waals surface area contributed by atoms with Gasteiger partial charge in [-0.05, 0) is 25.8 Å². The Kier molecular flexibility index (Phi) is 19.8. The monoisotopic (exact) mass is 398 g/mol. The van der Waals surface area contributed by atoms with Crippen LogP contribution in [0.25, 0.3) is 0 Å². The molecule has 0 aliphatic rings. The van der Waals surface area contributed by atoms with Gasteiger partial charge in [0.05, 0.1) is 0 Å². The quantitative estimate of drug-likeness (QED) is 0.221. The van der Waals surface area contributed by atoms with Gasteiger partial charge in [-0.2, -0.15) is 0 Å². The highest BCUT2D eigenvalue weighted by atomic mass is 16.4. The van der Waals surface area contributed by atoms with Crippen molar-refractivity contribution in [3.63, 3.8) is 0 Å². The van der Waals surface area contributed by atoms with Gasteiger partial charge in [-0.1, -0.05) is 96.8 Å². The van der Waals surface area contributed by atoms with Crippen molar-refractivity contribution in [1.82, 2.24) is 5.32 Å². The van der Waals surface area contributed by atoms with Crippen LogP contribution < -0.4 is 11.1 Å². The number of carbonyl (C=O) groups excluding carboxylic acids is 1. The Morgan fingerprint density at radius 2 is 1.18 bits per heavy atom. The molecule has 0 radical (unpaired) electrons. The van der Waals surface area contributed by atoms with E-state index in [1.165, 1.54) is 83.5 Å². The van der Waals surface area contributed by atoms with Crippen LogP contribution in [0.1, 0.15) is 122 Å². The molecule has 0 fully saturated rings. The summed E-state index contributed by atoms with van der Waals surface area (Å²) in [5.41, 5.74) is 5.40. The standard InChI is InChI=1S/C23H46N2O3/c1-2-3-4-5-6-7-8-9-10-11-12-13-14-15-16-19-22(26)25-21(23(27)28)18-17-20-24/h21H,2-20,24H2,1H3,(H,25,26)(H,27,28)/t21-/m0/s1. The summed E-state index contributed by atoms with van der Waals surface area (Å²) in [6.07, 6.45) is 20.8. The molecule has 0 saturated carbocycles. The first-order chi connectivity index (χ1) is 13.6. The van der Waals surface area contributed by atoms with E-state index < -0.39 is 12.0 Å². The highest BCUT2D eigenvalue weighted by Gasteiger charge is 2.18. The molecule has 166 valence electrons. The zero-order chi connectivity index (χ0) is 20.9. The fourth-order valence-electron chi connectivity index (χ4n) is 3.50. The largest absolute Gasteiger partial charge is 0.480 e. The lowest BCUT2D eigenvalue weighted by Crippen LogP contribution is -2.40. The minimum absolute atomic E-state index is 0.154. The maximum absolute atomic E-state index is 11.8. The van der Waals surface area contributed by atoms with E-state index in [0.29, 0.717) is 25.8 Å². The number of hydrogen-bond acceptors (Lipinski definition) is 3. The predicted octanol–water partition coefficient (Wildman–Crippen LogP) is 5.56. The number of carboxylic acid groups (broad SMARTS) is 1. The average Bonchev–Trinajstić information content (AvgIpc) is 2.67. The molecular weight excluding hydrogens is 352 g/mol. The Hall–Kier alpha value is -1.10. The number of carbonyl (C=O) groups is 2. The molecule has 0 bridgehead atoms. The van der Waals surface area contributed by atoms with Crippen molar-refractivity contribution in [3.8, 4) is 0 Å². The zero-order valence-corrected chi connectivity index (χ0v) is 18.4. The van der Waals surface area contributed by atoms with Crippen molar-refractivity contribution in [2.24, 2.45) is 5.73 Å². The molecule has 0 rings (SSSR count). The molecule has 0 saturated heterocycles. The second-order valence-electron chi connectivity index (χ2n) is 8.09. The van der Waals surface area contributed by atoms with E-state index in [1.54, 1.807) is 0 Å². The van der Waals surface area contributed by atoms with Crippen molar-refractivity contribution >= 4 is 11.9 Å². The van der Waals surface area contributed by atoms with Crippen LogP contribution in [0.15, 0.2) is 0 Å². The van der Waals surface area contributed by atoms with Crippen LogP contribution >= 0.6 is 0 Å². The molecular formula is C23H46N2O3. The first kappa shape index (κ1) is 26.9. The van der Waals surface area contributed by atoms with Crippen LogP contribution in [0.3, 0.4) is 0 Å². The Morgan fingerprint density at radius 1 is 0.750 bits per heavy atom. The van der Waals surface area contributed by atoms with Crippen molar-refractivity contribution < 1.29 is 14.7 Å². The maximum atomic E-state index is 11.8. The molecule has 1 amide bonds. The Bertz CT molecular complexity index is 375. The summed E-state index contributed by atoms with van der Waals surface area (Å²) in [6.45, 7) is 2.71. The average molecular weight is 399 g/mol. The zero-order valence-electron chi connectivity index (χ0n) is 18.4.